The maximum Gasteiger partial charge on any atom is 0.303 e. The number of carbonyl (C=O) groups is 1. The highest BCUT2D eigenvalue weighted by Gasteiger charge is 2.47. The molecule has 0 amide bonds. The number of fused-ring (bicyclic) bond motifs is 1. The molecule has 10 heteroatoms. The molecule has 0 N–H and O–H groups in total. The van der Waals surface area contributed by atoms with E-state index in [1.54, 1.807) is 32.0 Å². The second-order valence-electron chi connectivity index (χ2n) is 7.32. The molecule has 0 spiro atoms. The van der Waals surface area contributed by atoms with E-state index in [-0.39, 0.29) is 6.61 Å². The van der Waals surface area contributed by atoms with Crippen LogP contribution in [0.2, 0.25) is 0 Å². The van der Waals surface area contributed by atoms with E-state index in [0.717, 1.165) is 0 Å². The number of carbonyl (C=O) groups excluding carboxylic acids is 1. The zero-order valence-corrected chi connectivity index (χ0v) is 16.5. The van der Waals surface area contributed by atoms with Crippen molar-refractivity contribution in [3.05, 3.63) is 73.7 Å². The van der Waals surface area contributed by atoms with E-state index in [4.69, 9.17) is 9.47 Å². The van der Waals surface area contributed by atoms with Gasteiger partial charge in [0.15, 0.2) is 6.10 Å². The van der Waals surface area contributed by atoms with E-state index in [0.29, 0.717) is 22.4 Å². The lowest BCUT2D eigenvalue weighted by atomic mass is 9.85. The topological polar surface area (TPSA) is 134 Å². The first-order valence-electron chi connectivity index (χ1n) is 9.01. The zero-order valence-electron chi connectivity index (χ0n) is 16.5. The number of nitrogens with zero attached hydrogens (tertiary/aromatic N) is 3. The first-order valence-corrected chi connectivity index (χ1v) is 9.01. The molecule has 2 unspecified atom stereocenters. The summed E-state index contributed by atoms with van der Waals surface area (Å²) < 4.78 is 12.9. The van der Waals surface area contributed by atoms with Gasteiger partial charge in [-0.3, -0.25) is 9.59 Å². The summed E-state index contributed by atoms with van der Waals surface area (Å²) in [5.41, 5.74) is -0.244. The van der Waals surface area contributed by atoms with Crippen molar-refractivity contribution in [2.45, 2.75) is 45.1 Å². The van der Waals surface area contributed by atoms with Crippen molar-refractivity contribution in [2.24, 2.45) is 0 Å². The van der Waals surface area contributed by atoms with Crippen LogP contribution in [0, 0.1) is 21.4 Å². The standard InChI is InChI=1S/C20H19N3O7/c1-12(24)29-19-18(22-10-14(5-7-17(22)25)11-28-23(26)27)15-8-13(9-21)4-6-16(15)30-20(19,2)3/h4-8,10,18-19H,11H2,1-3H3. The van der Waals surface area contributed by atoms with Crippen LogP contribution in [-0.4, -0.2) is 27.3 Å². The minimum Gasteiger partial charge on any atom is -0.484 e. The van der Waals surface area contributed by atoms with Gasteiger partial charge in [0.1, 0.15) is 24.0 Å². The number of esters is 1. The molecular weight excluding hydrogens is 394 g/mol. The van der Waals surface area contributed by atoms with Crippen molar-refractivity contribution in [1.29, 1.82) is 5.26 Å². The molecule has 2 aromatic rings. The molecule has 3 rings (SSSR count). The molecule has 0 fully saturated rings. The summed E-state index contributed by atoms with van der Waals surface area (Å²) in [7, 11) is 0. The van der Waals surface area contributed by atoms with Gasteiger partial charge in [0.25, 0.3) is 10.6 Å². The number of benzene rings is 1. The van der Waals surface area contributed by atoms with Crippen molar-refractivity contribution < 1.29 is 24.2 Å². The average molecular weight is 413 g/mol. The summed E-state index contributed by atoms with van der Waals surface area (Å²) >= 11 is 0. The summed E-state index contributed by atoms with van der Waals surface area (Å²) in [6.45, 7) is 4.33. The number of pyridine rings is 1. The van der Waals surface area contributed by atoms with Crippen LogP contribution in [0.4, 0.5) is 0 Å². The Morgan fingerprint density at radius 1 is 1.37 bits per heavy atom. The van der Waals surface area contributed by atoms with Crippen LogP contribution in [0.3, 0.4) is 0 Å². The number of nitriles is 1. The molecule has 30 heavy (non-hydrogen) atoms. The largest absolute Gasteiger partial charge is 0.484 e. The van der Waals surface area contributed by atoms with Crippen molar-refractivity contribution in [2.75, 3.05) is 0 Å². The molecule has 1 aliphatic heterocycles. The Morgan fingerprint density at radius 3 is 2.73 bits per heavy atom. The van der Waals surface area contributed by atoms with E-state index in [1.165, 1.54) is 29.8 Å². The first-order chi connectivity index (χ1) is 14.1. The number of hydrogen-bond donors (Lipinski definition) is 0. The molecule has 0 bridgehead atoms. The number of rotatable bonds is 5. The Labute approximate surface area is 171 Å². The molecule has 2 heterocycles. The van der Waals surface area contributed by atoms with Crippen LogP contribution < -0.4 is 10.3 Å². The summed E-state index contributed by atoms with van der Waals surface area (Å²) in [6, 6.07) is 8.65. The molecule has 1 aromatic heterocycles. The number of hydrogen-bond acceptors (Lipinski definition) is 8. The lowest BCUT2D eigenvalue weighted by Crippen LogP contribution is -2.54. The fourth-order valence-corrected chi connectivity index (χ4v) is 3.49. The number of ether oxygens (including phenoxy) is 2. The summed E-state index contributed by atoms with van der Waals surface area (Å²) in [5.74, 6) is -0.131. The Morgan fingerprint density at radius 2 is 2.10 bits per heavy atom. The van der Waals surface area contributed by atoms with Gasteiger partial charge in [0, 0.05) is 24.8 Å². The van der Waals surface area contributed by atoms with Crippen LogP contribution >= 0.6 is 0 Å². The summed E-state index contributed by atoms with van der Waals surface area (Å²) in [5, 5.41) is 18.9. The van der Waals surface area contributed by atoms with Gasteiger partial charge in [0.05, 0.1) is 11.6 Å². The van der Waals surface area contributed by atoms with Gasteiger partial charge in [-0.05, 0) is 37.6 Å². The Bertz CT molecular complexity index is 1100. The smallest absolute Gasteiger partial charge is 0.303 e. The maximum atomic E-state index is 12.8. The minimum absolute atomic E-state index is 0.338. The van der Waals surface area contributed by atoms with E-state index in [1.807, 2.05) is 6.07 Å². The van der Waals surface area contributed by atoms with Crippen molar-refractivity contribution >= 4 is 5.97 Å². The fourth-order valence-electron chi connectivity index (χ4n) is 3.49. The Kier molecular flexibility index (Phi) is 5.47. The molecule has 0 aliphatic carbocycles. The monoisotopic (exact) mass is 413 g/mol. The predicted octanol–water partition coefficient (Wildman–Crippen LogP) is 2.12. The Hall–Kier alpha value is -3.87. The van der Waals surface area contributed by atoms with Crippen molar-refractivity contribution in [3.63, 3.8) is 0 Å². The highest BCUT2D eigenvalue weighted by Crippen LogP contribution is 2.43. The highest BCUT2D eigenvalue weighted by molar-refractivity contribution is 5.66. The molecule has 0 saturated carbocycles. The third-order valence-corrected chi connectivity index (χ3v) is 4.73. The molecule has 0 saturated heterocycles. The molecule has 2 atom stereocenters. The molecular formula is C20H19N3O7. The van der Waals surface area contributed by atoms with Gasteiger partial charge < -0.3 is 18.9 Å². The van der Waals surface area contributed by atoms with E-state index >= 15 is 0 Å². The van der Waals surface area contributed by atoms with Crippen molar-refractivity contribution in [1.82, 2.24) is 4.57 Å². The van der Waals surface area contributed by atoms with Crippen molar-refractivity contribution in [3.8, 4) is 11.8 Å². The summed E-state index contributed by atoms with van der Waals surface area (Å²) in [4.78, 5) is 39.5. The predicted molar refractivity (Wildman–Crippen MR) is 102 cm³/mol. The SMILES string of the molecule is CC(=O)OC1C(n2cc(CO[N+](=O)[O-])ccc2=O)c2cc(C#N)ccc2OC1(C)C. The molecule has 0 radical (unpaired) electrons. The first kappa shape index (κ1) is 20.9. The third kappa shape index (κ3) is 4.10. The minimum atomic E-state index is -1.01. The van der Waals surface area contributed by atoms with E-state index in [2.05, 4.69) is 4.84 Å². The quantitative estimate of drug-likeness (QED) is 0.413. The second kappa shape index (κ2) is 7.87. The average Bonchev–Trinajstić information content (AvgIpc) is 2.67. The van der Waals surface area contributed by atoms with E-state index in [9.17, 15) is 25.0 Å². The van der Waals surface area contributed by atoms with Crippen LogP contribution in [0.15, 0.2) is 41.3 Å². The summed E-state index contributed by atoms with van der Waals surface area (Å²) in [6.07, 6.45) is 0.498. The van der Waals surface area contributed by atoms with E-state index < -0.39 is 34.4 Å². The molecule has 10 nitrogen and oxygen atoms in total. The van der Waals surface area contributed by atoms with Crippen LogP contribution in [0.25, 0.3) is 0 Å². The van der Waals surface area contributed by atoms with Crippen LogP contribution in [0.1, 0.15) is 43.5 Å². The van der Waals surface area contributed by atoms with Gasteiger partial charge in [-0.15, -0.1) is 10.1 Å². The lowest BCUT2D eigenvalue weighted by Gasteiger charge is -2.44. The van der Waals surface area contributed by atoms with Gasteiger partial charge >= 0.3 is 5.97 Å². The lowest BCUT2D eigenvalue weighted by molar-refractivity contribution is -0.763. The van der Waals surface area contributed by atoms with Gasteiger partial charge in [-0.2, -0.15) is 5.26 Å². The van der Waals surface area contributed by atoms with Gasteiger partial charge in [0.2, 0.25) is 0 Å². The highest BCUT2D eigenvalue weighted by atomic mass is 16.9. The molecule has 1 aliphatic rings. The molecule has 156 valence electrons. The third-order valence-electron chi connectivity index (χ3n) is 4.73. The Balaban J connectivity index is 2.21. The fraction of sp³-hybridized carbons (Fsp3) is 0.350. The number of aromatic nitrogens is 1. The molecule has 1 aromatic carbocycles. The second-order valence-corrected chi connectivity index (χ2v) is 7.32. The zero-order chi connectivity index (χ0) is 22.1. The van der Waals surface area contributed by atoms with Gasteiger partial charge in [-0.25, -0.2) is 0 Å². The van der Waals surface area contributed by atoms with Gasteiger partial charge in [-0.1, -0.05) is 6.07 Å². The maximum absolute atomic E-state index is 12.8. The van der Waals surface area contributed by atoms with Crippen LogP contribution in [0.5, 0.6) is 5.75 Å². The normalized spacial score (nSPS) is 19.0. The van der Waals surface area contributed by atoms with Crippen LogP contribution in [-0.2, 0) is 21.0 Å².